The summed E-state index contributed by atoms with van der Waals surface area (Å²) < 4.78 is 0. The molecule has 0 bridgehead atoms. The molecule has 104 valence electrons. The highest BCUT2D eigenvalue weighted by Crippen LogP contribution is 2.24. The largest absolute Gasteiger partial charge is 0.396 e. The number of nitrogens with one attached hydrogen (secondary N) is 1. The Bertz CT molecular complexity index is 167. The SMILES string of the molecule is CCC(CC)(CO)CNC(C)CCCC(C)C. The molecule has 0 rings (SSSR count). The van der Waals surface area contributed by atoms with Crippen molar-refractivity contribution in [3.63, 3.8) is 0 Å². The molecule has 0 fully saturated rings. The molecule has 0 heterocycles. The maximum absolute atomic E-state index is 9.50. The molecule has 2 N–H and O–H groups in total. The lowest BCUT2D eigenvalue weighted by Crippen LogP contribution is -2.40. The van der Waals surface area contributed by atoms with E-state index in [2.05, 4.69) is 39.9 Å². The van der Waals surface area contributed by atoms with Gasteiger partial charge in [0, 0.05) is 24.6 Å². The summed E-state index contributed by atoms with van der Waals surface area (Å²) in [4.78, 5) is 0. The predicted octanol–water partition coefficient (Wildman–Crippen LogP) is 3.59. The molecule has 1 unspecified atom stereocenters. The highest BCUT2D eigenvalue weighted by atomic mass is 16.3. The van der Waals surface area contributed by atoms with E-state index in [0.29, 0.717) is 12.6 Å². The topological polar surface area (TPSA) is 32.3 Å². The van der Waals surface area contributed by atoms with Gasteiger partial charge in [-0.05, 0) is 32.1 Å². The van der Waals surface area contributed by atoms with Crippen LogP contribution in [0.1, 0.15) is 66.7 Å². The first-order valence-electron chi connectivity index (χ1n) is 7.34. The average Bonchev–Trinajstić information content (AvgIpc) is 2.31. The number of rotatable bonds is 10. The molecule has 17 heavy (non-hydrogen) atoms. The quantitative estimate of drug-likeness (QED) is 0.614. The Morgan fingerprint density at radius 1 is 1.06 bits per heavy atom. The molecular formula is C15H33NO. The van der Waals surface area contributed by atoms with Crippen LogP contribution in [-0.4, -0.2) is 24.3 Å². The first-order chi connectivity index (χ1) is 7.99. The molecule has 0 aromatic heterocycles. The Balaban J connectivity index is 3.84. The van der Waals surface area contributed by atoms with Crippen LogP contribution in [0.5, 0.6) is 0 Å². The van der Waals surface area contributed by atoms with Crippen molar-refractivity contribution >= 4 is 0 Å². The zero-order valence-electron chi connectivity index (χ0n) is 12.6. The molecule has 1 atom stereocenters. The Hall–Kier alpha value is -0.0800. The molecule has 0 aromatic carbocycles. The molecule has 2 heteroatoms. The van der Waals surface area contributed by atoms with E-state index < -0.39 is 0 Å². The fourth-order valence-corrected chi connectivity index (χ4v) is 2.10. The second kappa shape index (κ2) is 8.93. The number of aliphatic hydroxyl groups excluding tert-OH is 1. The highest BCUT2D eigenvalue weighted by Gasteiger charge is 2.25. The molecule has 2 nitrogen and oxygen atoms in total. The summed E-state index contributed by atoms with van der Waals surface area (Å²) >= 11 is 0. The van der Waals surface area contributed by atoms with Gasteiger partial charge in [0.1, 0.15) is 0 Å². The van der Waals surface area contributed by atoms with E-state index in [1.54, 1.807) is 0 Å². The Morgan fingerprint density at radius 2 is 1.65 bits per heavy atom. The lowest BCUT2D eigenvalue weighted by molar-refractivity contribution is 0.110. The number of hydrogen-bond acceptors (Lipinski definition) is 2. The summed E-state index contributed by atoms with van der Waals surface area (Å²) in [5, 5.41) is 13.1. The van der Waals surface area contributed by atoms with E-state index in [-0.39, 0.29) is 5.41 Å². The van der Waals surface area contributed by atoms with Gasteiger partial charge in [0.15, 0.2) is 0 Å². The minimum Gasteiger partial charge on any atom is -0.396 e. The van der Waals surface area contributed by atoms with Crippen molar-refractivity contribution in [3.8, 4) is 0 Å². The van der Waals surface area contributed by atoms with E-state index in [0.717, 1.165) is 25.3 Å². The maximum atomic E-state index is 9.50. The van der Waals surface area contributed by atoms with Crippen molar-refractivity contribution in [1.29, 1.82) is 0 Å². The van der Waals surface area contributed by atoms with Crippen LogP contribution in [0, 0.1) is 11.3 Å². The van der Waals surface area contributed by atoms with Crippen LogP contribution < -0.4 is 5.32 Å². The van der Waals surface area contributed by atoms with E-state index in [1.165, 1.54) is 19.3 Å². The highest BCUT2D eigenvalue weighted by molar-refractivity contribution is 4.79. The fourth-order valence-electron chi connectivity index (χ4n) is 2.10. The fraction of sp³-hybridized carbons (Fsp3) is 1.00. The third-order valence-corrected chi connectivity index (χ3v) is 4.08. The second-order valence-corrected chi connectivity index (χ2v) is 5.97. The van der Waals surface area contributed by atoms with E-state index in [1.807, 2.05) is 0 Å². The van der Waals surface area contributed by atoms with Crippen LogP contribution in [0.4, 0.5) is 0 Å². The molecule has 0 aliphatic heterocycles. The van der Waals surface area contributed by atoms with E-state index >= 15 is 0 Å². The van der Waals surface area contributed by atoms with Gasteiger partial charge in [-0.15, -0.1) is 0 Å². The van der Waals surface area contributed by atoms with Crippen molar-refractivity contribution in [1.82, 2.24) is 5.32 Å². The van der Waals surface area contributed by atoms with Gasteiger partial charge in [-0.1, -0.05) is 40.5 Å². The van der Waals surface area contributed by atoms with Crippen molar-refractivity contribution in [2.45, 2.75) is 72.8 Å². The summed E-state index contributed by atoms with van der Waals surface area (Å²) in [5.41, 5.74) is 0.0896. The molecule has 0 aliphatic rings. The van der Waals surface area contributed by atoms with Crippen LogP contribution >= 0.6 is 0 Å². The van der Waals surface area contributed by atoms with Crippen LogP contribution in [-0.2, 0) is 0 Å². The van der Waals surface area contributed by atoms with Crippen molar-refractivity contribution in [3.05, 3.63) is 0 Å². The first-order valence-corrected chi connectivity index (χ1v) is 7.34. The molecule has 0 saturated heterocycles. The monoisotopic (exact) mass is 243 g/mol. The summed E-state index contributed by atoms with van der Waals surface area (Å²) in [7, 11) is 0. The summed E-state index contributed by atoms with van der Waals surface area (Å²) in [6.45, 7) is 12.4. The zero-order chi connectivity index (χ0) is 13.3. The molecule has 0 radical (unpaired) electrons. The molecule has 0 aromatic rings. The molecular weight excluding hydrogens is 210 g/mol. The molecule has 0 spiro atoms. The third-order valence-electron chi connectivity index (χ3n) is 4.08. The minimum atomic E-state index is 0.0896. The summed E-state index contributed by atoms with van der Waals surface area (Å²) in [5.74, 6) is 0.810. The van der Waals surface area contributed by atoms with Crippen LogP contribution in [0.15, 0.2) is 0 Å². The van der Waals surface area contributed by atoms with Gasteiger partial charge in [0.25, 0.3) is 0 Å². The predicted molar refractivity (Wildman–Crippen MR) is 76.3 cm³/mol. The van der Waals surface area contributed by atoms with Gasteiger partial charge in [-0.2, -0.15) is 0 Å². The van der Waals surface area contributed by atoms with Crippen molar-refractivity contribution in [2.75, 3.05) is 13.2 Å². The average molecular weight is 243 g/mol. The van der Waals surface area contributed by atoms with Gasteiger partial charge in [0.2, 0.25) is 0 Å². The van der Waals surface area contributed by atoms with Crippen LogP contribution in [0.2, 0.25) is 0 Å². The van der Waals surface area contributed by atoms with Gasteiger partial charge < -0.3 is 10.4 Å². The van der Waals surface area contributed by atoms with E-state index in [4.69, 9.17) is 0 Å². The second-order valence-electron chi connectivity index (χ2n) is 5.97. The van der Waals surface area contributed by atoms with Gasteiger partial charge in [0.05, 0.1) is 0 Å². The molecule has 0 saturated carbocycles. The Kier molecular flexibility index (Phi) is 8.89. The first kappa shape index (κ1) is 16.9. The maximum Gasteiger partial charge on any atom is 0.0499 e. The van der Waals surface area contributed by atoms with Crippen LogP contribution in [0.25, 0.3) is 0 Å². The Morgan fingerprint density at radius 3 is 2.06 bits per heavy atom. The molecule has 0 amide bonds. The molecule has 0 aliphatic carbocycles. The summed E-state index contributed by atoms with van der Waals surface area (Å²) in [6.07, 6.45) is 5.96. The lowest BCUT2D eigenvalue weighted by atomic mass is 9.83. The van der Waals surface area contributed by atoms with Gasteiger partial charge in [-0.3, -0.25) is 0 Å². The Labute approximate surface area is 108 Å². The summed E-state index contributed by atoms with van der Waals surface area (Å²) in [6, 6.07) is 0.567. The van der Waals surface area contributed by atoms with E-state index in [9.17, 15) is 5.11 Å². The standard InChI is InChI=1S/C15H33NO/c1-6-15(7-2,12-17)11-16-14(5)10-8-9-13(3)4/h13-14,16-17H,6-12H2,1-5H3. The lowest BCUT2D eigenvalue weighted by Gasteiger charge is -2.31. The third kappa shape index (κ3) is 7.05. The normalized spacial score (nSPS) is 14.3. The van der Waals surface area contributed by atoms with Crippen molar-refractivity contribution < 1.29 is 5.11 Å². The zero-order valence-corrected chi connectivity index (χ0v) is 12.6. The van der Waals surface area contributed by atoms with Crippen LogP contribution in [0.3, 0.4) is 0 Å². The number of hydrogen-bond donors (Lipinski definition) is 2. The van der Waals surface area contributed by atoms with Gasteiger partial charge >= 0.3 is 0 Å². The minimum absolute atomic E-state index is 0.0896. The number of aliphatic hydroxyl groups is 1. The van der Waals surface area contributed by atoms with Gasteiger partial charge in [-0.25, -0.2) is 0 Å². The van der Waals surface area contributed by atoms with Crippen molar-refractivity contribution in [2.24, 2.45) is 11.3 Å². The smallest absolute Gasteiger partial charge is 0.0499 e.